The molecular weight excluding hydrogens is 666 g/mol. The highest BCUT2D eigenvalue weighted by atomic mass is 16.8. The fourth-order valence-electron chi connectivity index (χ4n) is 6.81. The summed E-state index contributed by atoms with van der Waals surface area (Å²) in [4.78, 5) is 0. The first-order chi connectivity index (χ1) is 23.9. The van der Waals surface area contributed by atoms with Gasteiger partial charge in [0.25, 0.3) is 0 Å². The van der Waals surface area contributed by atoms with Gasteiger partial charge in [-0.05, 0) is 18.4 Å². The van der Waals surface area contributed by atoms with Crippen molar-refractivity contribution < 1.29 is 68.9 Å². The molecule has 19 atom stereocenters. The van der Waals surface area contributed by atoms with Crippen molar-refractivity contribution in [2.75, 3.05) is 26.4 Å². The lowest BCUT2D eigenvalue weighted by Crippen LogP contribution is -2.68. The zero-order valence-electron chi connectivity index (χ0n) is 27.5. The highest BCUT2D eigenvalue weighted by Crippen LogP contribution is 2.35. The summed E-state index contributed by atoms with van der Waals surface area (Å²) in [6, 6.07) is 5.25. The van der Waals surface area contributed by atoms with Gasteiger partial charge >= 0.3 is 0 Å². The summed E-state index contributed by atoms with van der Waals surface area (Å²) in [5.41, 5.74) is 31.7. The molecule has 1 saturated carbocycles. The molecule has 3 aliphatic heterocycles. The Morgan fingerprint density at radius 3 is 1.74 bits per heavy atom. The largest absolute Gasteiger partial charge is 0.394 e. The molecule has 17 N–H and O–H groups in total. The van der Waals surface area contributed by atoms with Crippen LogP contribution in [0.15, 0.2) is 30.3 Å². The van der Waals surface area contributed by atoms with E-state index in [-0.39, 0.29) is 19.6 Å². The Labute approximate surface area is 289 Å². The number of hydrogen-bond acceptors (Lipinski definition) is 19. The predicted molar refractivity (Wildman–Crippen MR) is 170 cm³/mol. The lowest BCUT2D eigenvalue weighted by atomic mass is 9.84. The third-order valence-corrected chi connectivity index (χ3v) is 9.84. The lowest BCUT2D eigenvalue weighted by molar-refractivity contribution is -0.312. The first-order valence-electron chi connectivity index (χ1n) is 16.8. The molecule has 0 aromatic heterocycles. The van der Waals surface area contributed by atoms with Gasteiger partial charge in [-0.3, -0.25) is 0 Å². The van der Waals surface area contributed by atoms with Gasteiger partial charge in [-0.1, -0.05) is 30.3 Å². The molecule has 286 valence electrons. The highest BCUT2D eigenvalue weighted by molar-refractivity contribution is 5.14. The second kappa shape index (κ2) is 17.5. The molecule has 0 spiro atoms. The smallest absolute Gasteiger partial charge is 0.187 e. The van der Waals surface area contributed by atoms with Crippen LogP contribution in [0.25, 0.3) is 0 Å². The summed E-state index contributed by atoms with van der Waals surface area (Å²) in [6.07, 6.45) is -18.8. The van der Waals surface area contributed by atoms with Gasteiger partial charge < -0.3 is 97.6 Å². The summed E-state index contributed by atoms with van der Waals surface area (Å²) >= 11 is 0. The molecule has 4 aliphatic rings. The van der Waals surface area contributed by atoms with Crippen LogP contribution in [-0.2, 0) is 39.6 Å². The third kappa shape index (κ3) is 8.47. The van der Waals surface area contributed by atoms with E-state index < -0.39 is 129 Å². The molecule has 0 amide bonds. The van der Waals surface area contributed by atoms with E-state index in [1.165, 1.54) is 0 Å². The second-order valence-corrected chi connectivity index (χ2v) is 13.3. The normalized spacial score (nSPS) is 47.0. The van der Waals surface area contributed by atoms with Gasteiger partial charge in [0.2, 0.25) is 0 Å². The molecule has 50 heavy (non-hydrogen) atoms. The van der Waals surface area contributed by atoms with Gasteiger partial charge in [-0.2, -0.15) is 0 Å². The monoisotopic (exact) mass is 719 g/mol. The SMILES string of the molecule is NC[C@@H]1O[C@H](O[C@H]2[C@@H](OCCc3ccccc3)[C@H](O[C@@H]3[C@@H](O)[C@H](N)C[C@H](N)[C@H]3O[C@H]3O[C@H](CO)[C@@H](O)[C@H](O)[C@H]3N)O[C@@H]2CO)[C@H](N)[C@@H](O)[C@@H]1O. The van der Waals surface area contributed by atoms with Gasteiger partial charge in [-0.25, -0.2) is 0 Å². The van der Waals surface area contributed by atoms with E-state index in [2.05, 4.69) is 0 Å². The van der Waals surface area contributed by atoms with E-state index in [9.17, 15) is 35.7 Å². The average Bonchev–Trinajstić information content (AvgIpc) is 3.44. The predicted octanol–water partition coefficient (Wildman–Crippen LogP) is -6.59. The van der Waals surface area contributed by atoms with Gasteiger partial charge in [0.1, 0.15) is 67.1 Å². The van der Waals surface area contributed by atoms with Crippen molar-refractivity contribution in [2.24, 2.45) is 28.7 Å². The molecule has 1 aromatic carbocycles. The lowest BCUT2D eigenvalue weighted by Gasteiger charge is -2.47. The summed E-state index contributed by atoms with van der Waals surface area (Å²) < 4.78 is 42.5. The van der Waals surface area contributed by atoms with Crippen molar-refractivity contribution in [3.05, 3.63) is 35.9 Å². The first kappa shape index (κ1) is 39.7. The van der Waals surface area contributed by atoms with Crippen molar-refractivity contribution in [3.63, 3.8) is 0 Å². The van der Waals surface area contributed by atoms with Crippen molar-refractivity contribution in [2.45, 2.75) is 129 Å². The standard InChI is InChI=1S/C31H53N5O14/c32-9-15-21(40)23(42)18(35)29(45-15)49-26-17(11-38)47-31(28(26)44-7-6-12-4-2-1-3-5-12)50-27-20(39)13(33)8-14(34)25(27)48-30-19(36)24(43)22(41)16(10-37)46-30/h1-5,13-31,37-43H,6-11,32-36H2/t13-,14+,15+,16-,17-,18-,19-,20+,21-,22-,23-,24-,25-,26-,27-,28-,29-,30-,31+/m1/s1. The molecule has 3 saturated heterocycles. The van der Waals surface area contributed by atoms with Crippen LogP contribution in [0, 0.1) is 0 Å². The van der Waals surface area contributed by atoms with E-state index in [1.54, 1.807) is 0 Å². The molecule has 5 rings (SSSR count). The Morgan fingerprint density at radius 2 is 1.14 bits per heavy atom. The van der Waals surface area contributed by atoms with E-state index >= 15 is 0 Å². The zero-order valence-corrected chi connectivity index (χ0v) is 27.5. The van der Waals surface area contributed by atoms with Crippen molar-refractivity contribution in [1.29, 1.82) is 0 Å². The maximum Gasteiger partial charge on any atom is 0.187 e. The molecule has 1 aromatic rings. The average molecular weight is 720 g/mol. The summed E-state index contributed by atoms with van der Waals surface area (Å²) in [6.45, 7) is -1.26. The van der Waals surface area contributed by atoms with Crippen LogP contribution < -0.4 is 28.7 Å². The molecule has 1 aliphatic carbocycles. The van der Waals surface area contributed by atoms with Crippen molar-refractivity contribution in [3.8, 4) is 0 Å². The molecule has 4 fully saturated rings. The fourth-order valence-corrected chi connectivity index (χ4v) is 6.81. The van der Waals surface area contributed by atoms with Crippen molar-refractivity contribution >= 4 is 0 Å². The maximum atomic E-state index is 11.3. The van der Waals surface area contributed by atoms with E-state index in [1.807, 2.05) is 30.3 Å². The van der Waals surface area contributed by atoms with Gasteiger partial charge in [0.05, 0.1) is 38.0 Å². The van der Waals surface area contributed by atoms with Crippen LogP contribution >= 0.6 is 0 Å². The molecule has 0 unspecified atom stereocenters. The van der Waals surface area contributed by atoms with Gasteiger partial charge in [0, 0.05) is 18.6 Å². The van der Waals surface area contributed by atoms with Crippen molar-refractivity contribution in [1.82, 2.24) is 0 Å². The Bertz CT molecular complexity index is 1180. The first-order valence-corrected chi connectivity index (χ1v) is 16.8. The molecule has 0 radical (unpaired) electrons. The van der Waals surface area contributed by atoms with E-state index in [0.29, 0.717) is 6.42 Å². The summed E-state index contributed by atoms with van der Waals surface area (Å²) in [7, 11) is 0. The Balaban J connectivity index is 1.40. The molecule has 19 nitrogen and oxygen atoms in total. The topological polar surface area (TPSA) is 336 Å². The fraction of sp³-hybridized carbons (Fsp3) is 0.806. The molecular formula is C31H53N5O14. The number of aliphatic hydroxyl groups excluding tert-OH is 7. The maximum absolute atomic E-state index is 11.3. The van der Waals surface area contributed by atoms with E-state index in [4.69, 9.17) is 61.8 Å². The van der Waals surface area contributed by atoms with Crippen LogP contribution in [0.1, 0.15) is 12.0 Å². The van der Waals surface area contributed by atoms with Crippen LogP contribution in [0.4, 0.5) is 0 Å². The Morgan fingerprint density at radius 1 is 0.600 bits per heavy atom. The third-order valence-electron chi connectivity index (χ3n) is 9.84. The second-order valence-electron chi connectivity index (χ2n) is 13.3. The molecule has 19 heteroatoms. The number of nitrogens with two attached hydrogens (primary N) is 5. The highest BCUT2D eigenvalue weighted by Gasteiger charge is 2.55. The Hall–Kier alpha value is -1.54. The number of hydrogen-bond donors (Lipinski definition) is 12. The van der Waals surface area contributed by atoms with Gasteiger partial charge in [0.15, 0.2) is 18.9 Å². The van der Waals surface area contributed by atoms with Crippen LogP contribution in [0.2, 0.25) is 0 Å². The molecule has 3 heterocycles. The van der Waals surface area contributed by atoms with Gasteiger partial charge in [-0.15, -0.1) is 0 Å². The summed E-state index contributed by atoms with van der Waals surface area (Å²) in [5.74, 6) is 0. The number of rotatable bonds is 13. The van der Waals surface area contributed by atoms with Crippen LogP contribution in [-0.4, -0.2) is 178 Å². The number of ether oxygens (including phenoxy) is 7. The number of aliphatic hydroxyl groups is 7. The minimum absolute atomic E-state index is 0.0865. The minimum Gasteiger partial charge on any atom is -0.394 e. The molecule has 0 bridgehead atoms. The quantitative estimate of drug-likeness (QED) is 0.0901. The van der Waals surface area contributed by atoms with Crippen LogP contribution in [0.3, 0.4) is 0 Å². The zero-order chi connectivity index (χ0) is 36.3. The number of benzene rings is 1. The van der Waals surface area contributed by atoms with E-state index in [0.717, 1.165) is 5.56 Å². The minimum atomic E-state index is -1.52. The van der Waals surface area contributed by atoms with Crippen LogP contribution in [0.5, 0.6) is 0 Å². The Kier molecular flexibility index (Phi) is 13.9. The summed E-state index contributed by atoms with van der Waals surface area (Å²) in [5, 5.41) is 73.1.